The van der Waals surface area contributed by atoms with Crippen molar-refractivity contribution in [1.82, 2.24) is 0 Å². The minimum atomic E-state index is 0.294. The van der Waals surface area contributed by atoms with E-state index in [4.69, 9.17) is 11.5 Å². The Morgan fingerprint density at radius 2 is 2.15 bits per heavy atom. The first-order chi connectivity index (χ1) is 6.31. The van der Waals surface area contributed by atoms with Gasteiger partial charge in [-0.2, -0.15) is 0 Å². The third kappa shape index (κ3) is 9.17. The average molecular weight is 180 g/mol. The highest BCUT2D eigenvalue weighted by Gasteiger charge is 1.89. The van der Waals surface area contributed by atoms with Gasteiger partial charge in [-0.05, 0) is 39.0 Å². The van der Waals surface area contributed by atoms with Crippen molar-refractivity contribution in [3.63, 3.8) is 0 Å². The lowest BCUT2D eigenvalue weighted by Crippen LogP contribution is -1.84. The van der Waals surface area contributed by atoms with Crippen LogP contribution in [0.5, 0.6) is 0 Å². The molecule has 1 heteroatoms. The van der Waals surface area contributed by atoms with E-state index in [-0.39, 0.29) is 0 Å². The summed E-state index contributed by atoms with van der Waals surface area (Å²) in [5, 5.41) is 8.61. The molecule has 0 unspecified atom stereocenters. The first-order valence-corrected chi connectivity index (χ1v) is 5.01. The van der Waals surface area contributed by atoms with Gasteiger partial charge in [0, 0.05) is 13.0 Å². The monoisotopic (exact) mass is 180 g/mol. The minimum absolute atomic E-state index is 0.294. The van der Waals surface area contributed by atoms with Gasteiger partial charge >= 0.3 is 0 Å². The summed E-state index contributed by atoms with van der Waals surface area (Å²) in [6.45, 7) is 2.42. The van der Waals surface area contributed by atoms with Crippen LogP contribution in [-0.2, 0) is 0 Å². The molecule has 0 aliphatic carbocycles. The number of aliphatic hydroxyl groups is 1. The van der Waals surface area contributed by atoms with Gasteiger partial charge in [0.2, 0.25) is 0 Å². The Bertz CT molecular complexity index is 174. The maximum Gasteiger partial charge on any atom is 0.0434 e. The molecule has 0 aromatic rings. The van der Waals surface area contributed by atoms with Gasteiger partial charge in [0.25, 0.3) is 0 Å². The number of rotatable bonds is 7. The third-order valence-corrected chi connectivity index (χ3v) is 2.00. The van der Waals surface area contributed by atoms with Crippen LogP contribution in [0.1, 0.15) is 45.4 Å². The molecule has 0 radical (unpaired) electrons. The topological polar surface area (TPSA) is 20.2 Å². The number of allylic oxidation sites excluding steroid dienone is 2. The molecule has 13 heavy (non-hydrogen) atoms. The molecule has 0 aliphatic heterocycles. The highest BCUT2D eigenvalue weighted by Crippen LogP contribution is 2.07. The summed E-state index contributed by atoms with van der Waals surface area (Å²) < 4.78 is 0. The molecule has 0 saturated heterocycles. The molecule has 0 amide bonds. The van der Waals surface area contributed by atoms with E-state index in [2.05, 4.69) is 18.9 Å². The number of unbranched alkanes of at least 4 members (excludes halogenated alkanes) is 3. The highest BCUT2D eigenvalue weighted by molar-refractivity contribution is 4.97. The summed E-state index contributed by atoms with van der Waals surface area (Å²) >= 11 is 0. The van der Waals surface area contributed by atoms with Crippen LogP contribution in [0.2, 0.25) is 0 Å². The van der Waals surface area contributed by atoms with Gasteiger partial charge in [0.05, 0.1) is 0 Å². The highest BCUT2D eigenvalue weighted by atomic mass is 16.2. The summed E-state index contributed by atoms with van der Waals surface area (Å²) in [5.74, 6) is 2.64. The Balaban J connectivity index is 3.32. The van der Waals surface area contributed by atoms with E-state index in [0.29, 0.717) is 6.61 Å². The van der Waals surface area contributed by atoms with Crippen molar-refractivity contribution in [1.29, 1.82) is 0 Å². The molecule has 0 aliphatic rings. The smallest absolute Gasteiger partial charge is 0.0434 e. The average Bonchev–Trinajstić information content (AvgIpc) is 2.14. The molecule has 0 saturated carbocycles. The lowest BCUT2D eigenvalue weighted by molar-refractivity contribution is 0.288. The molecule has 0 aromatic heterocycles. The van der Waals surface area contributed by atoms with Crippen LogP contribution in [0.4, 0.5) is 0 Å². The van der Waals surface area contributed by atoms with E-state index < -0.39 is 0 Å². The van der Waals surface area contributed by atoms with Gasteiger partial charge in [-0.1, -0.05) is 11.6 Å². The molecule has 0 spiro atoms. The van der Waals surface area contributed by atoms with Crippen molar-refractivity contribution in [2.24, 2.45) is 0 Å². The summed E-state index contributed by atoms with van der Waals surface area (Å²) in [5.41, 5.74) is 1.38. The van der Waals surface area contributed by atoms with Gasteiger partial charge in [-0.15, -0.1) is 12.3 Å². The minimum Gasteiger partial charge on any atom is -0.396 e. The number of terminal acetylenes is 1. The fourth-order valence-electron chi connectivity index (χ4n) is 1.18. The zero-order valence-corrected chi connectivity index (χ0v) is 8.55. The fraction of sp³-hybridized carbons (Fsp3) is 0.667. The Morgan fingerprint density at radius 3 is 2.77 bits per heavy atom. The predicted molar refractivity (Wildman–Crippen MR) is 57.4 cm³/mol. The number of hydrogen-bond acceptors (Lipinski definition) is 1. The fourth-order valence-corrected chi connectivity index (χ4v) is 1.18. The number of aliphatic hydroxyl groups excluding tert-OH is 1. The molecule has 0 heterocycles. The molecule has 1 nitrogen and oxygen atoms in total. The van der Waals surface area contributed by atoms with E-state index >= 15 is 0 Å². The molecule has 1 N–H and O–H groups in total. The standard InChI is InChI=1S/C12H20O/c1-3-4-5-6-7-9-12(2)10-8-11-13/h1,9,13H,4-8,10-11H2,2H3/b12-9+. The largest absolute Gasteiger partial charge is 0.396 e. The summed E-state index contributed by atoms with van der Waals surface area (Å²) in [4.78, 5) is 0. The molecular weight excluding hydrogens is 160 g/mol. The van der Waals surface area contributed by atoms with E-state index in [1.54, 1.807) is 0 Å². The second kappa shape index (κ2) is 9.35. The summed E-state index contributed by atoms with van der Waals surface area (Å²) in [7, 11) is 0. The Morgan fingerprint density at radius 1 is 1.38 bits per heavy atom. The van der Waals surface area contributed by atoms with Crippen molar-refractivity contribution in [3.05, 3.63) is 11.6 Å². The summed E-state index contributed by atoms with van der Waals surface area (Å²) in [6, 6.07) is 0. The van der Waals surface area contributed by atoms with Crippen molar-refractivity contribution in [3.8, 4) is 12.3 Å². The lowest BCUT2D eigenvalue weighted by Gasteiger charge is -1.98. The Kier molecular flexibility index (Phi) is 8.82. The third-order valence-electron chi connectivity index (χ3n) is 2.00. The molecule has 0 fully saturated rings. The molecule has 74 valence electrons. The van der Waals surface area contributed by atoms with Crippen molar-refractivity contribution < 1.29 is 5.11 Å². The van der Waals surface area contributed by atoms with Crippen LogP contribution < -0.4 is 0 Å². The second-order valence-corrected chi connectivity index (χ2v) is 3.33. The molecule has 0 rings (SSSR count). The van der Waals surface area contributed by atoms with E-state index in [9.17, 15) is 0 Å². The maximum absolute atomic E-state index is 8.61. The normalized spacial score (nSPS) is 11.3. The van der Waals surface area contributed by atoms with Gasteiger partial charge in [0.1, 0.15) is 0 Å². The van der Waals surface area contributed by atoms with Crippen molar-refractivity contribution in [2.75, 3.05) is 6.61 Å². The van der Waals surface area contributed by atoms with E-state index in [0.717, 1.165) is 32.1 Å². The Labute approximate surface area is 81.9 Å². The van der Waals surface area contributed by atoms with Gasteiger partial charge in [-0.25, -0.2) is 0 Å². The molecule has 0 bridgehead atoms. The molecular formula is C12H20O. The van der Waals surface area contributed by atoms with Gasteiger partial charge in [-0.3, -0.25) is 0 Å². The van der Waals surface area contributed by atoms with Crippen LogP contribution in [0.3, 0.4) is 0 Å². The van der Waals surface area contributed by atoms with E-state index in [1.807, 2.05) is 0 Å². The second-order valence-electron chi connectivity index (χ2n) is 3.33. The van der Waals surface area contributed by atoms with Crippen LogP contribution in [-0.4, -0.2) is 11.7 Å². The van der Waals surface area contributed by atoms with Crippen LogP contribution in [0, 0.1) is 12.3 Å². The molecule has 0 aromatic carbocycles. The Hall–Kier alpha value is -0.740. The maximum atomic E-state index is 8.61. The molecule has 0 atom stereocenters. The van der Waals surface area contributed by atoms with Crippen molar-refractivity contribution >= 4 is 0 Å². The zero-order chi connectivity index (χ0) is 9.94. The number of hydrogen-bond donors (Lipinski definition) is 1. The zero-order valence-electron chi connectivity index (χ0n) is 8.55. The van der Waals surface area contributed by atoms with Crippen molar-refractivity contribution in [2.45, 2.75) is 45.4 Å². The van der Waals surface area contributed by atoms with E-state index in [1.165, 1.54) is 12.0 Å². The first-order valence-electron chi connectivity index (χ1n) is 5.01. The lowest BCUT2D eigenvalue weighted by atomic mass is 10.1. The quantitative estimate of drug-likeness (QED) is 0.363. The van der Waals surface area contributed by atoms with Crippen LogP contribution in [0.15, 0.2) is 11.6 Å². The predicted octanol–water partition coefficient (Wildman–Crippen LogP) is 2.90. The van der Waals surface area contributed by atoms with Crippen LogP contribution in [0.25, 0.3) is 0 Å². The first kappa shape index (κ1) is 12.3. The van der Waals surface area contributed by atoms with Gasteiger partial charge in [0.15, 0.2) is 0 Å². The SMILES string of the molecule is C#CCCCC/C=C(\C)CCCO. The summed E-state index contributed by atoms with van der Waals surface area (Å²) in [6.07, 6.45) is 13.6. The van der Waals surface area contributed by atoms with Crippen LogP contribution >= 0.6 is 0 Å². The van der Waals surface area contributed by atoms with Gasteiger partial charge < -0.3 is 5.11 Å².